The van der Waals surface area contributed by atoms with Crippen LogP contribution in [0.3, 0.4) is 0 Å². The van der Waals surface area contributed by atoms with Crippen LogP contribution in [0, 0.1) is 5.92 Å². The summed E-state index contributed by atoms with van der Waals surface area (Å²) in [5.74, 6) is 0.262. The van der Waals surface area contributed by atoms with E-state index in [1.165, 1.54) is 32.1 Å². The number of hydrogen-bond donors (Lipinski definition) is 2. The van der Waals surface area contributed by atoms with Crippen molar-refractivity contribution in [3.8, 4) is 0 Å². The Hall–Kier alpha value is -2.34. The number of nitrogens with one attached hydrogen (secondary N) is 1. The Balaban J connectivity index is 2.01. The predicted molar refractivity (Wildman–Crippen MR) is 126 cm³/mol. The first-order chi connectivity index (χ1) is 14.8. The van der Waals surface area contributed by atoms with Crippen molar-refractivity contribution < 1.29 is 9.90 Å². The number of carboxylic acids is 1. The van der Waals surface area contributed by atoms with Gasteiger partial charge in [0.25, 0.3) is 0 Å². The van der Waals surface area contributed by atoms with Crippen molar-refractivity contribution in [2.24, 2.45) is 5.92 Å². The van der Waals surface area contributed by atoms with Gasteiger partial charge >= 0.3 is 5.97 Å². The minimum absolute atomic E-state index is 0.0886. The summed E-state index contributed by atoms with van der Waals surface area (Å²) in [6, 6.07) is 8.56. The first kappa shape index (κ1) is 23.3. The SMILES string of the molecule is CC(C)CN(c1ccc([C@@H](C)CC(=O)O)cc1Nc1ccnc(Cl)n1)C1CCCCC1. The largest absolute Gasteiger partial charge is 0.481 e. The highest BCUT2D eigenvalue weighted by molar-refractivity contribution is 6.28. The quantitative estimate of drug-likeness (QED) is 0.445. The van der Waals surface area contributed by atoms with Crippen molar-refractivity contribution in [1.29, 1.82) is 0 Å². The van der Waals surface area contributed by atoms with Gasteiger partial charge in [-0.05, 0) is 60.0 Å². The summed E-state index contributed by atoms with van der Waals surface area (Å²) in [4.78, 5) is 22.0. The number of rotatable bonds is 9. The third-order valence-corrected chi connectivity index (χ3v) is 6.03. The van der Waals surface area contributed by atoms with Crippen LogP contribution in [0.25, 0.3) is 0 Å². The second kappa shape index (κ2) is 10.8. The van der Waals surface area contributed by atoms with E-state index in [1.54, 1.807) is 12.3 Å². The Morgan fingerprint density at radius 1 is 1.23 bits per heavy atom. The number of benzene rings is 1. The van der Waals surface area contributed by atoms with Crippen molar-refractivity contribution in [3.05, 3.63) is 41.3 Å². The molecule has 1 heterocycles. The van der Waals surface area contributed by atoms with Crippen LogP contribution >= 0.6 is 11.6 Å². The van der Waals surface area contributed by atoms with Gasteiger partial charge in [0, 0.05) is 18.8 Å². The molecule has 0 spiro atoms. The normalized spacial score (nSPS) is 15.6. The lowest BCUT2D eigenvalue weighted by atomic mass is 9.92. The van der Waals surface area contributed by atoms with Gasteiger partial charge < -0.3 is 15.3 Å². The van der Waals surface area contributed by atoms with Crippen molar-refractivity contribution in [2.45, 2.75) is 71.3 Å². The second-order valence-corrected chi connectivity index (χ2v) is 9.29. The van der Waals surface area contributed by atoms with Gasteiger partial charge in [0.2, 0.25) is 5.28 Å². The van der Waals surface area contributed by atoms with Gasteiger partial charge in [0.1, 0.15) is 5.82 Å². The van der Waals surface area contributed by atoms with Gasteiger partial charge in [-0.25, -0.2) is 9.97 Å². The van der Waals surface area contributed by atoms with Crippen LogP contribution in [0.1, 0.15) is 70.8 Å². The summed E-state index contributed by atoms with van der Waals surface area (Å²) in [7, 11) is 0. The molecule has 1 aliphatic rings. The summed E-state index contributed by atoms with van der Waals surface area (Å²) in [6.45, 7) is 7.40. The molecule has 1 fully saturated rings. The van der Waals surface area contributed by atoms with E-state index < -0.39 is 5.97 Å². The average Bonchev–Trinajstić information content (AvgIpc) is 2.72. The van der Waals surface area contributed by atoms with Crippen LogP contribution in [0.2, 0.25) is 5.28 Å². The zero-order valence-corrected chi connectivity index (χ0v) is 19.4. The van der Waals surface area contributed by atoms with Crippen LogP contribution in [0.5, 0.6) is 0 Å². The molecule has 0 aliphatic heterocycles. The van der Waals surface area contributed by atoms with Crippen molar-refractivity contribution >= 4 is 34.8 Å². The third-order valence-electron chi connectivity index (χ3n) is 5.85. The van der Waals surface area contributed by atoms with Gasteiger partial charge in [-0.2, -0.15) is 0 Å². The molecule has 1 aromatic carbocycles. The Morgan fingerprint density at radius 2 is 1.97 bits per heavy atom. The lowest BCUT2D eigenvalue weighted by Crippen LogP contribution is -2.39. The van der Waals surface area contributed by atoms with E-state index in [-0.39, 0.29) is 17.6 Å². The Morgan fingerprint density at radius 3 is 2.61 bits per heavy atom. The average molecular weight is 445 g/mol. The molecule has 0 bridgehead atoms. The number of aromatic nitrogens is 2. The molecule has 2 aromatic rings. The molecule has 1 atom stereocenters. The number of aliphatic carboxylic acids is 1. The Kier molecular flexibility index (Phi) is 8.13. The molecule has 31 heavy (non-hydrogen) atoms. The predicted octanol–water partition coefficient (Wildman–Crippen LogP) is 6.25. The van der Waals surface area contributed by atoms with Gasteiger partial charge in [-0.1, -0.05) is 46.1 Å². The number of halogens is 1. The van der Waals surface area contributed by atoms with E-state index >= 15 is 0 Å². The maximum Gasteiger partial charge on any atom is 0.303 e. The van der Waals surface area contributed by atoms with Crippen LogP contribution in [-0.4, -0.2) is 33.6 Å². The van der Waals surface area contributed by atoms with Crippen LogP contribution in [0.15, 0.2) is 30.5 Å². The zero-order valence-electron chi connectivity index (χ0n) is 18.6. The van der Waals surface area contributed by atoms with E-state index in [1.807, 2.05) is 6.92 Å². The van der Waals surface area contributed by atoms with Crippen LogP contribution in [0.4, 0.5) is 17.2 Å². The smallest absolute Gasteiger partial charge is 0.303 e. The first-order valence-corrected chi connectivity index (χ1v) is 11.6. The maximum absolute atomic E-state index is 11.2. The van der Waals surface area contributed by atoms with Crippen molar-refractivity contribution in [1.82, 2.24) is 9.97 Å². The molecule has 3 rings (SSSR count). The summed E-state index contributed by atoms with van der Waals surface area (Å²) in [6.07, 6.45) is 7.94. The highest BCUT2D eigenvalue weighted by atomic mass is 35.5. The first-order valence-electron chi connectivity index (χ1n) is 11.2. The van der Waals surface area contributed by atoms with Crippen LogP contribution in [-0.2, 0) is 4.79 Å². The summed E-state index contributed by atoms with van der Waals surface area (Å²) in [5, 5.41) is 12.9. The summed E-state index contributed by atoms with van der Waals surface area (Å²) < 4.78 is 0. The molecule has 1 saturated carbocycles. The maximum atomic E-state index is 11.2. The molecule has 0 radical (unpaired) electrons. The fraction of sp³-hybridized carbons (Fsp3) is 0.542. The fourth-order valence-corrected chi connectivity index (χ4v) is 4.51. The molecule has 6 nitrogen and oxygen atoms in total. The minimum Gasteiger partial charge on any atom is -0.481 e. The molecule has 7 heteroatoms. The number of nitrogens with zero attached hydrogens (tertiary/aromatic N) is 3. The number of carbonyl (C=O) groups is 1. The van der Waals surface area contributed by atoms with Crippen LogP contribution < -0.4 is 10.2 Å². The summed E-state index contributed by atoms with van der Waals surface area (Å²) >= 11 is 6.01. The van der Waals surface area contributed by atoms with Gasteiger partial charge in [-0.3, -0.25) is 4.79 Å². The molecule has 1 aromatic heterocycles. The molecule has 0 unspecified atom stereocenters. The molecule has 2 N–H and O–H groups in total. The van der Waals surface area contributed by atoms with E-state index in [0.717, 1.165) is 23.5 Å². The highest BCUT2D eigenvalue weighted by Gasteiger charge is 2.25. The molecule has 0 amide bonds. The highest BCUT2D eigenvalue weighted by Crippen LogP contribution is 2.37. The second-order valence-electron chi connectivity index (χ2n) is 8.95. The van der Waals surface area contributed by atoms with E-state index in [2.05, 4.69) is 52.2 Å². The monoisotopic (exact) mass is 444 g/mol. The van der Waals surface area contributed by atoms with Gasteiger partial charge in [0.05, 0.1) is 17.8 Å². The van der Waals surface area contributed by atoms with Crippen molar-refractivity contribution in [3.63, 3.8) is 0 Å². The zero-order chi connectivity index (χ0) is 22.4. The standard InChI is InChI=1S/C24H33ClN4O2/c1-16(2)15-29(19-7-5-4-6-8-19)21-10-9-18(17(3)13-23(30)31)14-20(21)27-22-11-12-26-24(25)28-22/h9-12,14,16-17,19H,4-8,13,15H2,1-3H3,(H,30,31)(H,26,27,28)/t17-/m0/s1. The fourth-order valence-electron chi connectivity index (χ4n) is 4.36. The Bertz CT molecular complexity index is 884. The number of anilines is 3. The topological polar surface area (TPSA) is 78.4 Å². The molecular weight excluding hydrogens is 412 g/mol. The van der Waals surface area contributed by atoms with Gasteiger partial charge in [0.15, 0.2) is 0 Å². The lowest BCUT2D eigenvalue weighted by molar-refractivity contribution is -0.137. The molecular formula is C24H33ClN4O2. The van der Waals surface area contributed by atoms with E-state index in [4.69, 9.17) is 11.6 Å². The molecule has 168 valence electrons. The molecule has 1 aliphatic carbocycles. The van der Waals surface area contributed by atoms with E-state index in [0.29, 0.717) is 17.8 Å². The Labute approximate surface area is 190 Å². The van der Waals surface area contributed by atoms with E-state index in [9.17, 15) is 9.90 Å². The van der Waals surface area contributed by atoms with Crippen molar-refractivity contribution in [2.75, 3.05) is 16.8 Å². The minimum atomic E-state index is -0.794. The molecule has 0 saturated heterocycles. The van der Waals surface area contributed by atoms with Gasteiger partial charge in [-0.15, -0.1) is 0 Å². The summed E-state index contributed by atoms with van der Waals surface area (Å²) in [5.41, 5.74) is 3.04. The third kappa shape index (κ3) is 6.57. The number of carboxylic acid groups (broad SMARTS) is 1. The lowest BCUT2D eigenvalue weighted by Gasteiger charge is -2.38. The number of hydrogen-bond acceptors (Lipinski definition) is 5.